The van der Waals surface area contributed by atoms with Crippen molar-refractivity contribution in [3.8, 4) is 0 Å². The lowest BCUT2D eigenvalue weighted by molar-refractivity contribution is -0.123. The van der Waals surface area contributed by atoms with Crippen LogP contribution < -0.4 is 10.9 Å². The Morgan fingerprint density at radius 3 is 2.89 bits per heavy atom. The number of rotatable bonds is 4. The molecule has 3 aromatic heterocycles. The number of hydrogen-bond acceptors (Lipinski definition) is 4. The second-order valence-electron chi connectivity index (χ2n) is 7.62. The second-order valence-corrected chi connectivity index (χ2v) is 8.88. The summed E-state index contributed by atoms with van der Waals surface area (Å²) in [7, 11) is 0. The maximum Gasteiger partial charge on any atom is 0.291 e. The molecule has 0 saturated heterocycles. The lowest BCUT2D eigenvalue weighted by Gasteiger charge is -2.29. The highest BCUT2D eigenvalue weighted by atomic mass is 32.1. The van der Waals surface area contributed by atoms with Gasteiger partial charge in [-0.3, -0.25) is 9.59 Å². The maximum atomic E-state index is 13.1. The molecule has 7 heteroatoms. The number of hydrogen-bond donors (Lipinski definition) is 1. The summed E-state index contributed by atoms with van der Waals surface area (Å²) in [5.41, 5.74) is 1.53. The van der Waals surface area contributed by atoms with Crippen LogP contribution in [0, 0.1) is 12.8 Å². The smallest absolute Gasteiger partial charge is 0.291 e. The van der Waals surface area contributed by atoms with E-state index < -0.39 is 0 Å². The van der Waals surface area contributed by atoms with Crippen LogP contribution in [0.4, 0.5) is 0 Å². The molecule has 1 N–H and O–H groups in total. The van der Waals surface area contributed by atoms with Gasteiger partial charge >= 0.3 is 0 Å². The highest BCUT2D eigenvalue weighted by Crippen LogP contribution is 2.33. The molecule has 0 unspecified atom stereocenters. The summed E-state index contributed by atoms with van der Waals surface area (Å²) in [6.45, 7) is 6.97. The topological polar surface area (TPSA) is 68.9 Å². The first-order valence-electron chi connectivity index (χ1n) is 9.77. The van der Waals surface area contributed by atoms with E-state index >= 15 is 0 Å². The molecule has 2 atom stereocenters. The van der Waals surface area contributed by atoms with Crippen molar-refractivity contribution in [1.29, 1.82) is 0 Å². The van der Waals surface area contributed by atoms with Crippen LogP contribution in [0.5, 0.6) is 0 Å². The first kappa shape index (κ1) is 18.2. The molecule has 3 heterocycles. The molecule has 0 spiro atoms. The van der Waals surface area contributed by atoms with Gasteiger partial charge in [-0.25, -0.2) is 4.68 Å². The minimum atomic E-state index is -0.192. The minimum absolute atomic E-state index is 0.0282. The van der Waals surface area contributed by atoms with Gasteiger partial charge < -0.3 is 9.88 Å². The monoisotopic (exact) mass is 386 g/mol. The van der Waals surface area contributed by atoms with E-state index in [4.69, 9.17) is 0 Å². The van der Waals surface area contributed by atoms with Crippen LogP contribution in [0.1, 0.15) is 44.4 Å². The zero-order valence-corrected chi connectivity index (χ0v) is 16.9. The molecule has 6 nitrogen and oxygen atoms in total. The molecule has 0 aromatic carbocycles. The molecule has 1 fully saturated rings. The highest BCUT2D eigenvalue weighted by Gasteiger charge is 2.23. The summed E-state index contributed by atoms with van der Waals surface area (Å²) in [4.78, 5) is 26.8. The number of thiophene rings is 1. The zero-order valence-electron chi connectivity index (χ0n) is 16.1. The number of carbonyl (C=O) groups excluding carboxylic acids is 1. The Morgan fingerprint density at radius 1 is 1.37 bits per heavy atom. The fourth-order valence-electron chi connectivity index (χ4n) is 4.28. The predicted octanol–water partition coefficient (Wildman–Crippen LogP) is 3.44. The maximum absolute atomic E-state index is 13.1. The predicted molar refractivity (Wildman–Crippen MR) is 109 cm³/mol. The van der Waals surface area contributed by atoms with Gasteiger partial charge in [-0.2, -0.15) is 5.10 Å². The summed E-state index contributed by atoms with van der Waals surface area (Å²) in [6, 6.07) is 2.32. The van der Waals surface area contributed by atoms with Gasteiger partial charge in [-0.05, 0) is 38.7 Å². The fourth-order valence-corrected chi connectivity index (χ4v) is 5.31. The lowest BCUT2D eigenvalue weighted by atomic mass is 9.86. The van der Waals surface area contributed by atoms with Crippen molar-refractivity contribution in [2.45, 2.75) is 65.6 Å². The van der Waals surface area contributed by atoms with Gasteiger partial charge in [0.2, 0.25) is 5.91 Å². The molecular weight excluding hydrogens is 360 g/mol. The molecule has 1 saturated carbocycles. The van der Waals surface area contributed by atoms with Crippen molar-refractivity contribution >= 4 is 38.4 Å². The van der Waals surface area contributed by atoms with Crippen molar-refractivity contribution in [3.05, 3.63) is 27.5 Å². The second kappa shape index (κ2) is 7.11. The van der Waals surface area contributed by atoms with Crippen molar-refractivity contribution in [2.24, 2.45) is 5.92 Å². The molecule has 4 rings (SSSR count). The first-order valence-corrected chi connectivity index (χ1v) is 10.6. The van der Waals surface area contributed by atoms with Crippen molar-refractivity contribution in [1.82, 2.24) is 19.7 Å². The van der Waals surface area contributed by atoms with Gasteiger partial charge in [-0.15, -0.1) is 11.3 Å². The van der Waals surface area contributed by atoms with Crippen molar-refractivity contribution in [2.75, 3.05) is 0 Å². The lowest BCUT2D eigenvalue weighted by Crippen LogP contribution is -2.43. The van der Waals surface area contributed by atoms with Crippen LogP contribution in [0.2, 0.25) is 0 Å². The molecule has 27 heavy (non-hydrogen) atoms. The Hall–Kier alpha value is -2.15. The van der Waals surface area contributed by atoms with Gasteiger partial charge in [0.1, 0.15) is 12.1 Å². The molecular formula is C20H26N4O2S. The normalized spacial score (nSPS) is 20.4. The van der Waals surface area contributed by atoms with Crippen LogP contribution in [-0.2, 0) is 17.9 Å². The Labute approximate surface area is 162 Å². The van der Waals surface area contributed by atoms with Crippen LogP contribution in [-0.4, -0.2) is 26.3 Å². The first-order chi connectivity index (χ1) is 13.0. The van der Waals surface area contributed by atoms with E-state index in [1.165, 1.54) is 16.0 Å². The molecule has 1 aliphatic carbocycles. The number of fused-ring (bicyclic) bond motifs is 3. The SMILES string of the molecule is CCn1c2cc(C)sc2c2cnn(CC(=O)N[C@@H]3CCCC[C@@H]3C)c(=O)c21. The number of carbonyl (C=O) groups is 1. The van der Waals surface area contributed by atoms with E-state index in [1.54, 1.807) is 17.5 Å². The standard InChI is InChI=1S/C20H26N4O2S/c1-4-23-16-9-13(3)27-19(16)14-10-21-24(20(26)18(14)23)11-17(25)22-15-8-6-5-7-12(15)2/h9-10,12,15H,4-8,11H2,1-3H3,(H,22,25)/t12-,15+/m0/s1. The number of amides is 1. The summed E-state index contributed by atoms with van der Waals surface area (Å²) >= 11 is 1.68. The highest BCUT2D eigenvalue weighted by molar-refractivity contribution is 7.20. The molecule has 1 aliphatic rings. The molecule has 0 radical (unpaired) electrons. The Bertz CT molecular complexity index is 1060. The van der Waals surface area contributed by atoms with Gasteiger partial charge in [0.25, 0.3) is 5.56 Å². The number of nitrogens with zero attached hydrogens (tertiary/aromatic N) is 3. The van der Waals surface area contributed by atoms with Crippen molar-refractivity contribution in [3.63, 3.8) is 0 Å². The van der Waals surface area contributed by atoms with Crippen LogP contribution >= 0.6 is 11.3 Å². The Kier molecular flexibility index (Phi) is 4.80. The number of aromatic nitrogens is 3. The molecule has 144 valence electrons. The van der Waals surface area contributed by atoms with Gasteiger partial charge in [0.15, 0.2) is 0 Å². The van der Waals surface area contributed by atoms with Gasteiger partial charge in [-0.1, -0.05) is 19.8 Å². The third-order valence-corrected chi connectivity index (χ3v) is 6.80. The largest absolute Gasteiger partial charge is 0.351 e. The van der Waals surface area contributed by atoms with E-state index in [9.17, 15) is 9.59 Å². The van der Waals surface area contributed by atoms with E-state index in [0.29, 0.717) is 18.0 Å². The Balaban J connectivity index is 1.65. The van der Waals surface area contributed by atoms with E-state index in [1.807, 2.05) is 11.5 Å². The van der Waals surface area contributed by atoms with E-state index in [-0.39, 0.29) is 24.1 Å². The molecule has 1 amide bonds. The summed E-state index contributed by atoms with van der Waals surface area (Å²) < 4.78 is 4.44. The van der Waals surface area contributed by atoms with E-state index in [2.05, 4.69) is 30.3 Å². The summed E-state index contributed by atoms with van der Waals surface area (Å²) in [5, 5.41) is 8.29. The van der Waals surface area contributed by atoms with E-state index in [0.717, 1.165) is 34.9 Å². The zero-order chi connectivity index (χ0) is 19.1. The number of aryl methyl sites for hydroxylation is 2. The number of nitrogens with one attached hydrogen (secondary N) is 1. The third-order valence-electron chi connectivity index (χ3n) is 5.73. The van der Waals surface area contributed by atoms with Crippen LogP contribution in [0.15, 0.2) is 17.1 Å². The molecule has 0 bridgehead atoms. The molecule has 0 aliphatic heterocycles. The third kappa shape index (κ3) is 3.18. The quantitative estimate of drug-likeness (QED) is 0.747. The van der Waals surface area contributed by atoms with Crippen LogP contribution in [0.25, 0.3) is 21.1 Å². The summed E-state index contributed by atoms with van der Waals surface area (Å²) in [6.07, 6.45) is 6.28. The Morgan fingerprint density at radius 2 is 2.15 bits per heavy atom. The van der Waals surface area contributed by atoms with Crippen molar-refractivity contribution < 1.29 is 4.79 Å². The van der Waals surface area contributed by atoms with Gasteiger partial charge in [0, 0.05) is 22.8 Å². The van der Waals surface area contributed by atoms with Gasteiger partial charge in [0.05, 0.1) is 16.4 Å². The minimum Gasteiger partial charge on any atom is -0.351 e. The van der Waals surface area contributed by atoms with Crippen LogP contribution in [0.3, 0.4) is 0 Å². The average Bonchev–Trinajstić information content (AvgIpc) is 3.14. The average molecular weight is 387 g/mol. The molecule has 3 aromatic rings. The fraction of sp³-hybridized carbons (Fsp3) is 0.550. The summed E-state index contributed by atoms with van der Waals surface area (Å²) in [5.74, 6) is 0.358.